The Morgan fingerprint density at radius 3 is 1.60 bits per heavy atom. The molecule has 0 bridgehead atoms. The minimum absolute atomic E-state index is 0.116. The molecule has 0 amide bonds. The van der Waals surface area contributed by atoms with Crippen LogP contribution < -0.4 is 9.80 Å². The smallest absolute Gasteiger partial charge is 0.0465 e. The number of rotatable bonds is 9. The van der Waals surface area contributed by atoms with Crippen molar-refractivity contribution in [3.8, 4) is 11.1 Å². The number of fused-ring (bicyclic) bond motifs is 5. The number of hydrogen-bond donors (Lipinski definition) is 0. The van der Waals surface area contributed by atoms with Crippen LogP contribution in [0.3, 0.4) is 0 Å². The Morgan fingerprint density at radius 1 is 0.460 bits per heavy atom. The molecule has 8 aromatic rings. The van der Waals surface area contributed by atoms with Gasteiger partial charge >= 0.3 is 0 Å². The van der Waals surface area contributed by atoms with Crippen LogP contribution in [0.1, 0.15) is 98.9 Å². The van der Waals surface area contributed by atoms with Crippen LogP contribution in [0.4, 0.5) is 34.1 Å². The first-order valence-electron chi connectivity index (χ1n) is 23.3. The lowest BCUT2D eigenvalue weighted by molar-refractivity contribution is 0.443. The number of allylic oxidation sites excluding steroid dienone is 2. The van der Waals surface area contributed by atoms with Gasteiger partial charge in [0.1, 0.15) is 0 Å². The lowest BCUT2D eigenvalue weighted by atomic mass is 9.67. The van der Waals surface area contributed by atoms with E-state index in [1.165, 1.54) is 105 Å². The maximum absolute atomic E-state index is 2.45. The van der Waals surface area contributed by atoms with Gasteiger partial charge < -0.3 is 9.80 Å². The van der Waals surface area contributed by atoms with Crippen molar-refractivity contribution in [1.29, 1.82) is 0 Å². The largest absolute Gasteiger partial charge is 0.311 e. The lowest BCUT2D eigenvalue weighted by Crippen LogP contribution is -2.29. The van der Waals surface area contributed by atoms with E-state index in [-0.39, 0.29) is 10.8 Å². The fourth-order valence-electron chi connectivity index (χ4n) is 11.4. The summed E-state index contributed by atoms with van der Waals surface area (Å²) in [6, 6.07) is 70.8. The van der Waals surface area contributed by atoms with Crippen molar-refractivity contribution < 1.29 is 0 Å². The standard InChI is InChI=1S/C61H56N2/c1-60(2)57-40-27-46-19-13-14-24-55(46)59(57)56-39-38-54(43-58(56)60)63(50-22-11-5-12-23-50)53-36-30-48(31-37-53)61(41-15-6-16-42-61)47-28-34-52(35-29-47)62(49-20-9-4-10-21-49)51-32-25-45(26-33-51)44-17-7-3-8-18-44/h4-6,9-15,19-40,43-44H,3,7-8,16-18,41-42H2,1-2H3. The van der Waals surface area contributed by atoms with E-state index in [9.17, 15) is 0 Å². The number of nitrogens with zero attached hydrogens (tertiary/aromatic N) is 2. The SMILES string of the molecule is CC1(C)c2cc(N(c3ccccc3)c3ccc(C4(c5ccc(N(c6ccccc6)c6ccc(C7CCCCC7)cc6)cc5)CC=CCC4)cc3)ccc2-c2c1ccc1ccccc21. The van der Waals surface area contributed by atoms with Gasteiger partial charge in [0.05, 0.1) is 0 Å². The van der Waals surface area contributed by atoms with E-state index >= 15 is 0 Å². The highest BCUT2D eigenvalue weighted by atomic mass is 15.1. The molecule has 310 valence electrons. The van der Waals surface area contributed by atoms with Gasteiger partial charge in [0.2, 0.25) is 0 Å². The number of para-hydroxylation sites is 2. The fraction of sp³-hybridized carbons (Fsp3) is 0.213. The summed E-state index contributed by atoms with van der Waals surface area (Å²) in [6.45, 7) is 4.77. The molecule has 0 radical (unpaired) electrons. The van der Waals surface area contributed by atoms with E-state index in [2.05, 4.69) is 224 Å². The van der Waals surface area contributed by atoms with E-state index in [4.69, 9.17) is 0 Å². The molecule has 2 nitrogen and oxygen atoms in total. The molecule has 0 saturated heterocycles. The topological polar surface area (TPSA) is 6.48 Å². The van der Waals surface area contributed by atoms with Crippen molar-refractivity contribution >= 4 is 44.9 Å². The normalized spacial score (nSPS) is 17.9. The average Bonchev–Trinajstić information content (AvgIpc) is 3.59. The second kappa shape index (κ2) is 16.2. The van der Waals surface area contributed by atoms with Crippen molar-refractivity contribution in [2.24, 2.45) is 0 Å². The van der Waals surface area contributed by atoms with Crippen molar-refractivity contribution in [3.05, 3.63) is 228 Å². The fourth-order valence-corrected chi connectivity index (χ4v) is 11.4. The molecule has 0 heterocycles. The molecule has 11 rings (SSSR count). The maximum atomic E-state index is 2.45. The molecule has 0 aromatic heterocycles. The third-order valence-electron chi connectivity index (χ3n) is 14.8. The van der Waals surface area contributed by atoms with Gasteiger partial charge in [0.25, 0.3) is 0 Å². The minimum Gasteiger partial charge on any atom is -0.311 e. The third-order valence-corrected chi connectivity index (χ3v) is 14.8. The molecule has 1 atom stereocenters. The van der Waals surface area contributed by atoms with Crippen LogP contribution in [0.2, 0.25) is 0 Å². The molecule has 0 spiro atoms. The highest BCUT2D eigenvalue weighted by molar-refractivity contribution is 6.03. The molecular formula is C61H56N2. The van der Waals surface area contributed by atoms with Gasteiger partial charge in [-0.25, -0.2) is 0 Å². The van der Waals surface area contributed by atoms with Crippen LogP contribution in [0.5, 0.6) is 0 Å². The van der Waals surface area contributed by atoms with E-state index in [0.29, 0.717) is 5.92 Å². The van der Waals surface area contributed by atoms with Crippen molar-refractivity contribution in [2.45, 2.75) is 82.0 Å². The molecule has 1 fully saturated rings. The van der Waals surface area contributed by atoms with Gasteiger partial charge in [0.15, 0.2) is 0 Å². The highest BCUT2D eigenvalue weighted by Gasteiger charge is 2.38. The Bertz CT molecular complexity index is 2900. The zero-order valence-electron chi connectivity index (χ0n) is 36.7. The Hall–Kier alpha value is -6.64. The zero-order chi connectivity index (χ0) is 42.4. The van der Waals surface area contributed by atoms with E-state index in [1.807, 2.05) is 0 Å². The maximum Gasteiger partial charge on any atom is 0.0465 e. The first kappa shape index (κ1) is 39.2. The summed E-state index contributed by atoms with van der Waals surface area (Å²) >= 11 is 0. The van der Waals surface area contributed by atoms with Gasteiger partial charge in [-0.1, -0.05) is 161 Å². The molecule has 3 aliphatic rings. The van der Waals surface area contributed by atoms with Gasteiger partial charge in [0, 0.05) is 45.0 Å². The zero-order valence-corrected chi connectivity index (χ0v) is 36.7. The van der Waals surface area contributed by atoms with Gasteiger partial charge in [-0.3, -0.25) is 0 Å². The van der Waals surface area contributed by atoms with E-state index in [1.54, 1.807) is 0 Å². The van der Waals surface area contributed by atoms with Gasteiger partial charge in [-0.15, -0.1) is 0 Å². The van der Waals surface area contributed by atoms with Crippen molar-refractivity contribution in [3.63, 3.8) is 0 Å². The predicted octanol–water partition coefficient (Wildman–Crippen LogP) is 17.2. The van der Waals surface area contributed by atoms with Crippen LogP contribution in [-0.4, -0.2) is 0 Å². The summed E-state index contributed by atoms with van der Waals surface area (Å²) in [5, 5.41) is 2.63. The second-order valence-corrected chi connectivity index (χ2v) is 18.7. The molecule has 63 heavy (non-hydrogen) atoms. The summed E-state index contributed by atoms with van der Waals surface area (Å²) in [7, 11) is 0. The highest BCUT2D eigenvalue weighted by Crippen LogP contribution is 2.53. The average molecular weight is 817 g/mol. The Kier molecular flexibility index (Phi) is 10.1. The molecule has 1 saturated carbocycles. The van der Waals surface area contributed by atoms with E-state index in [0.717, 1.165) is 30.6 Å². The first-order valence-corrected chi connectivity index (χ1v) is 23.3. The summed E-state index contributed by atoms with van der Waals surface area (Å²) in [6.07, 6.45) is 14.6. The summed E-state index contributed by atoms with van der Waals surface area (Å²) < 4.78 is 0. The monoisotopic (exact) mass is 816 g/mol. The number of anilines is 6. The first-order chi connectivity index (χ1) is 31.0. The quantitative estimate of drug-likeness (QED) is 0.134. The van der Waals surface area contributed by atoms with Gasteiger partial charge in [-0.05, 0) is 161 Å². The summed E-state index contributed by atoms with van der Waals surface area (Å²) in [4.78, 5) is 4.85. The molecule has 0 N–H and O–H groups in total. The van der Waals surface area contributed by atoms with Crippen LogP contribution >= 0.6 is 0 Å². The number of hydrogen-bond acceptors (Lipinski definition) is 2. The van der Waals surface area contributed by atoms with Crippen LogP contribution in [0.15, 0.2) is 200 Å². The van der Waals surface area contributed by atoms with E-state index < -0.39 is 0 Å². The molecule has 2 heteroatoms. The van der Waals surface area contributed by atoms with Crippen LogP contribution in [0.25, 0.3) is 21.9 Å². The minimum atomic E-state index is -0.120. The van der Waals surface area contributed by atoms with Crippen LogP contribution in [-0.2, 0) is 10.8 Å². The third kappa shape index (κ3) is 6.97. The van der Waals surface area contributed by atoms with Crippen molar-refractivity contribution in [2.75, 3.05) is 9.80 Å². The van der Waals surface area contributed by atoms with Crippen LogP contribution in [0, 0.1) is 0 Å². The van der Waals surface area contributed by atoms with Gasteiger partial charge in [-0.2, -0.15) is 0 Å². The summed E-state index contributed by atoms with van der Waals surface area (Å²) in [5.41, 5.74) is 16.5. The van der Waals surface area contributed by atoms with Crippen molar-refractivity contribution in [1.82, 2.24) is 0 Å². The molecule has 1 unspecified atom stereocenters. The summed E-state index contributed by atoms with van der Waals surface area (Å²) in [5.74, 6) is 0.694. The number of benzene rings is 8. The molecular weight excluding hydrogens is 761 g/mol. The Balaban J connectivity index is 0.937. The molecule has 3 aliphatic carbocycles. The Labute approximate surface area is 374 Å². The second-order valence-electron chi connectivity index (χ2n) is 18.7. The Morgan fingerprint density at radius 2 is 1.00 bits per heavy atom. The molecule has 8 aromatic carbocycles. The lowest BCUT2D eigenvalue weighted by Gasteiger charge is -2.37. The molecule has 0 aliphatic heterocycles. The predicted molar refractivity (Wildman–Crippen MR) is 267 cm³/mol.